The third kappa shape index (κ3) is 2.12. The van der Waals surface area contributed by atoms with E-state index in [1.54, 1.807) is 6.07 Å². The summed E-state index contributed by atoms with van der Waals surface area (Å²) in [6.45, 7) is -1.37. The highest BCUT2D eigenvalue weighted by atomic mass is 35.5. The number of anilines is 1. The van der Waals surface area contributed by atoms with Crippen molar-refractivity contribution in [2.24, 2.45) is 0 Å². The van der Waals surface area contributed by atoms with Crippen LogP contribution in [0.2, 0.25) is 5.02 Å². The van der Waals surface area contributed by atoms with Crippen LogP contribution in [0.4, 0.5) is 18.9 Å². The van der Waals surface area contributed by atoms with Crippen LogP contribution < -0.4 is 5.73 Å². The highest BCUT2D eigenvalue weighted by molar-refractivity contribution is 6.34. The zero-order valence-corrected chi connectivity index (χ0v) is 10.0. The molecule has 1 fully saturated rings. The summed E-state index contributed by atoms with van der Waals surface area (Å²) in [5.74, 6) is -3.72. The number of nitrogen functional groups attached to an aromatic ring is 1. The van der Waals surface area contributed by atoms with Gasteiger partial charge in [0.15, 0.2) is 6.17 Å². The van der Waals surface area contributed by atoms with Crippen molar-refractivity contribution in [2.45, 2.75) is 12.1 Å². The van der Waals surface area contributed by atoms with Crippen molar-refractivity contribution >= 4 is 23.1 Å². The van der Waals surface area contributed by atoms with Crippen molar-refractivity contribution in [3.8, 4) is 0 Å². The highest BCUT2D eigenvalue weighted by Crippen LogP contribution is 2.32. The average molecular weight is 278 g/mol. The fraction of sp³-hybridized carbons (Fsp3) is 0.364. The highest BCUT2D eigenvalue weighted by Gasteiger charge is 2.49. The standard InChI is InChI=1S/C11H11ClF3N3/c12-6-2-1-3-7(16)9(6)10(17)18-4-8(13)11(14,15)5-18/h1-3,8,17H,4-5,16H2. The van der Waals surface area contributed by atoms with E-state index < -0.39 is 25.2 Å². The van der Waals surface area contributed by atoms with Gasteiger partial charge in [0.25, 0.3) is 5.92 Å². The molecule has 1 aliphatic rings. The molecule has 0 amide bonds. The first-order chi connectivity index (χ1) is 8.33. The SMILES string of the molecule is N=C(c1c(N)cccc1Cl)N1CC(F)C(F)(F)C1. The van der Waals surface area contributed by atoms with Crippen LogP contribution in [0.25, 0.3) is 0 Å². The molecule has 1 unspecified atom stereocenters. The van der Waals surface area contributed by atoms with Gasteiger partial charge in [0, 0.05) is 5.69 Å². The van der Waals surface area contributed by atoms with Gasteiger partial charge in [-0.1, -0.05) is 17.7 Å². The van der Waals surface area contributed by atoms with Crippen LogP contribution in [-0.2, 0) is 0 Å². The summed E-state index contributed by atoms with van der Waals surface area (Å²) in [4.78, 5) is 0.947. The Bertz CT molecular complexity index is 472. The molecule has 0 saturated carbocycles. The third-order valence-corrected chi connectivity index (χ3v) is 3.15. The predicted molar refractivity (Wildman–Crippen MR) is 64.1 cm³/mol. The van der Waals surface area contributed by atoms with Gasteiger partial charge < -0.3 is 10.6 Å². The second kappa shape index (κ2) is 4.35. The zero-order chi connectivity index (χ0) is 13.5. The van der Waals surface area contributed by atoms with Gasteiger partial charge >= 0.3 is 0 Å². The number of halogens is 4. The first-order valence-electron chi connectivity index (χ1n) is 5.22. The van der Waals surface area contributed by atoms with Crippen LogP contribution in [-0.4, -0.2) is 35.9 Å². The Balaban J connectivity index is 2.29. The van der Waals surface area contributed by atoms with Gasteiger partial charge in [0.2, 0.25) is 0 Å². The lowest BCUT2D eigenvalue weighted by Crippen LogP contribution is -2.32. The summed E-state index contributed by atoms with van der Waals surface area (Å²) in [5.41, 5.74) is 6.02. The van der Waals surface area contributed by atoms with E-state index in [9.17, 15) is 13.2 Å². The van der Waals surface area contributed by atoms with Gasteiger partial charge in [0.05, 0.1) is 23.7 Å². The van der Waals surface area contributed by atoms with Gasteiger partial charge in [-0.15, -0.1) is 0 Å². The Hall–Kier alpha value is -1.43. The molecule has 1 aromatic carbocycles. The van der Waals surface area contributed by atoms with E-state index in [4.69, 9.17) is 22.7 Å². The summed E-state index contributed by atoms with van der Waals surface area (Å²) in [6, 6.07) is 4.60. The van der Waals surface area contributed by atoms with Crippen molar-refractivity contribution in [2.75, 3.05) is 18.8 Å². The van der Waals surface area contributed by atoms with Crippen LogP contribution in [0.3, 0.4) is 0 Å². The fourth-order valence-corrected chi connectivity index (χ4v) is 2.14. The van der Waals surface area contributed by atoms with Crippen molar-refractivity contribution in [1.29, 1.82) is 5.41 Å². The molecule has 1 atom stereocenters. The summed E-state index contributed by atoms with van der Waals surface area (Å²) >= 11 is 5.88. The Labute approximate surface area is 107 Å². The summed E-state index contributed by atoms with van der Waals surface area (Å²) in [6.07, 6.45) is -2.28. The van der Waals surface area contributed by atoms with Crippen molar-refractivity contribution in [1.82, 2.24) is 4.90 Å². The number of hydrogen-bond acceptors (Lipinski definition) is 2. The molecule has 0 aromatic heterocycles. The molecule has 3 nitrogen and oxygen atoms in total. The quantitative estimate of drug-likeness (QED) is 0.471. The van der Waals surface area contributed by atoms with Crippen LogP contribution in [0.1, 0.15) is 5.56 Å². The lowest BCUT2D eigenvalue weighted by Gasteiger charge is -2.20. The molecule has 98 valence electrons. The number of nitrogens with zero attached hydrogens (tertiary/aromatic N) is 1. The van der Waals surface area contributed by atoms with E-state index in [0.29, 0.717) is 0 Å². The van der Waals surface area contributed by atoms with E-state index in [1.807, 2.05) is 0 Å². The monoisotopic (exact) mass is 277 g/mol. The number of alkyl halides is 3. The smallest absolute Gasteiger partial charge is 0.297 e. The van der Waals surface area contributed by atoms with Crippen LogP contribution in [0.15, 0.2) is 18.2 Å². The summed E-state index contributed by atoms with van der Waals surface area (Å²) in [5, 5.41) is 8.02. The molecular formula is C11H11ClF3N3. The van der Waals surface area contributed by atoms with Crippen LogP contribution >= 0.6 is 11.6 Å². The van der Waals surface area contributed by atoms with E-state index in [-0.39, 0.29) is 22.1 Å². The Morgan fingerprint density at radius 2 is 2.17 bits per heavy atom. The van der Waals surface area contributed by atoms with Crippen molar-refractivity contribution in [3.05, 3.63) is 28.8 Å². The molecule has 1 aliphatic heterocycles. The van der Waals surface area contributed by atoms with Gasteiger partial charge in [-0.05, 0) is 12.1 Å². The maximum Gasteiger partial charge on any atom is 0.297 e. The van der Waals surface area contributed by atoms with Gasteiger partial charge in [-0.2, -0.15) is 0 Å². The summed E-state index contributed by atoms with van der Waals surface area (Å²) in [7, 11) is 0. The second-order valence-corrected chi connectivity index (χ2v) is 4.57. The molecule has 3 N–H and O–H groups in total. The fourth-order valence-electron chi connectivity index (χ4n) is 1.86. The predicted octanol–water partition coefficient (Wildman–Crippen LogP) is 2.54. The average Bonchev–Trinajstić information content (AvgIpc) is 2.53. The first-order valence-corrected chi connectivity index (χ1v) is 5.60. The minimum atomic E-state index is -3.44. The van der Waals surface area contributed by atoms with Gasteiger partial charge in [-0.3, -0.25) is 5.41 Å². The zero-order valence-electron chi connectivity index (χ0n) is 9.26. The Morgan fingerprint density at radius 1 is 1.50 bits per heavy atom. The molecule has 18 heavy (non-hydrogen) atoms. The Morgan fingerprint density at radius 3 is 2.67 bits per heavy atom. The van der Waals surface area contributed by atoms with E-state index in [1.165, 1.54) is 12.1 Å². The lowest BCUT2D eigenvalue weighted by atomic mass is 10.1. The van der Waals surface area contributed by atoms with Crippen LogP contribution in [0.5, 0.6) is 0 Å². The molecule has 0 spiro atoms. The normalized spacial score (nSPS) is 22.2. The van der Waals surface area contributed by atoms with E-state index >= 15 is 0 Å². The molecular weight excluding hydrogens is 267 g/mol. The molecule has 0 radical (unpaired) electrons. The van der Waals surface area contributed by atoms with Gasteiger partial charge in [-0.25, -0.2) is 13.2 Å². The molecule has 1 aromatic rings. The number of likely N-dealkylation sites (tertiary alicyclic amines) is 1. The number of rotatable bonds is 1. The maximum absolute atomic E-state index is 13.1. The lowest BCUT2D eigenvalue weighted by molar-refractivity contribution is -0.0377. The van der Waals surface area contributed by atoms with Gasteiger partial charge in [0.1, 0.15) is 5.84 Å². The number of amidine groups is 1. The van der Waals surface area contributed by atoms with Crippen LogP contribution in [0, 0.1) is 5.41 Å². The maximum atomic E-state index is 13.1. The van der Waals surface area contributed by atoms with E-state index in [0.717, 1.165) is 4.90 Å². The molecule has 1 saturated heterocycles. The van der Waals surface area contributed by atoms with Crippen molar-refractivity contribution < 1.29 is 13.2 Å². The summed E-state index contributed by atoms with van der Waals surface area (Å²) < 4.78 is 39.3. The molecule has 7 heteroatoms. The second-order valence-electron chi connectivity index (χ2n) is 4.16. The van der Waals surface area contributed by atoms with E-state index in [2.05, 4.69) is 0 Å². The number of nitrogens with one attached hydrogen (secondary N) is 1. The molecule has 2 rings (SSSR count). The van der Waals surface area contributed by atoms with Crippen molar-refractivity contribution in [3.63, 3.8) is 0 Å². The number of nitrogens with two attached hydrogens (primary N) is 1. The molecule has 0 aliphatic carbocycles. The first kappa shape index (κ1) is 13.0. The number of benzene rings is 1. The molecule has 1 heterocycles. The minimum absolute atomic E-state index is 0.157. The molecule has 0 bridgehead atoms. The topological polar surface area (TPSA) is 53.1 Å². The third-order valence-electron chi connectivity index (χ3n) is 2.84. The number of hydrogen-bond donors (Lipinski definition) is 2. The minimum Gasteiger partial charge on any atom is -0.398 e. The Kier molecular flexibility index (Phi) is 3.14. The largest absolute Gasteiger partial charge is 0.398 e.